The summed E-state index contributed by atoms with van der Waals surface area (Å²) < 4.78 is 0. The van der Waals surface area contributed by atoms with Crippen LogP contribution in [0.4, 0.5) is 0 Å². The van der Waals surface area contributed by atoms with Crippen LogP contribution in [0.2, 0.25) is 0 Å². The van der Waals surface area contributed by atoms with E-state index in [4.69, 9.17) is 0 Å². The molecule has 2 unspecified atom stereocenters. The molecular formula is C16H34N2. The Labute approximate surface area is 115 Å². The lowest BCUT2D eigenvalue weighted by Crippen LogP contribution is -2.52. The standard InChI is InChI=1S/C16H34N2/c1-7-8-17-15-9-14(10-16(4,5)6)11-18(12-15)13(2)3/h13-15,17H,7-12H2,1-6H3. The largest absolute Gasteiger partial charge is 0.313 e. The van der Waals surface area contributed by atoms with Crippen LogP contribution < -0.4 is 5.32 Å². The highest BCUT2D eigenvalue weighted by molar-refractivity contribution is 4.86. The molecule has 108 valence electrons. The van der Waals surface area contributed by atoms with E-state index in [0.717, 1.165) is 5.92 Å². The van der Waals surface area contributed by atoms with Crippen molar-refractivity contribution in [1.82, 2.24) is 10.2 Å². The van der Waals surface area contributed by atoms with E-state index in [9.17, 15) is 0 Å². The van der Waals surface area contributed by atoms with Crippen LogP contribution in [-0.2, 0) is 0 Å². The zero-order valence-electron chi connectivity index (χ0n) is 13.4. The second kappa shape index (κ2) is 6.91. The Morgan fingerprint density at radius 1 is 1.22 bits per heavy atom. The van der Waals surface area contributed by atoms with Gasteiger partial charge in [-0.15, -0.1) is 0 Å². The average Bonchev–Trinajstić information content (AvgIpc) is 2.23. The Morgan fingerprint density at radius 2 is 1.89 bits per heavy atom. The van der Waals surface area contributed by atoms with Crippen molar-refractivity contribution in [2.75, 3.05) is 19.6 Å². The third-order valence-electron chi connectivity index (χ3n) is 3.88. The summed E-state index contributed by atoms with van der Waals surface area (Å²) in [6.07, 6.45) is 3.95. The van der Waals surface area contributed by atoms with Gasteiger partial charge in [-0.2, -0.15) is 0 Å². The molecule has 2 heteroatoms. The molecule has 0 amide bonds. The van der Waals surface area contributed by atoms with Crippen LogP contribution in [0.1, 0.15) is 60.8 Å². The van der Waals surface area contributed by atoms with E-state index in [1.165, 1.54) is 38.9 Å². The van der Waals surface area contributed by atoms with Crippen LogP contribution >= 0.6 is 0 Å². The molecule has 1 aliphatic heterocycles. The molecule has 1 saturated heterocycles. The first-order valence-corrected chi connectivity index (χ1v) is 7.79. The summed E-state index contributed by atoms with van der Waals surface area (Å²) in [5.41, 5.74) is 0.458. The van der Waals surface area contributed by atoms with E-state index in [2.05, 4.69) is 51.8 Å². The van der Waals surface area contributed by atoms with Crippen molar-refractivity contribution >= 4 is 0 Å². The molecule has 0 aromatic heterocycles. The Morgan fingerprint density at radius 3 is 2.39 bits per heavy atom. The summed E-state index contributed by atoms with van der Waals surface area (Å²) >= 11 is 0. The van der Waals surface area contributed by atoms with Gasteiger partial charge in [0.05, 0.1) is 0 Å². The summed E-state index contributed by atoms with van der Waals surface area (Å²) in [6, 6.07) is 1.38. The zero-order valence-corrected chi connectivity index (χ0v) is 13.4. The van der Waals surface area contributed by atoms with Crippen LogP contribution in [0, 0.1) is 11.3 Å². The van der Waals surface area contributed by atoms with Crippen molar-refractivity contribution < 1.29 is 0 Å². The van der Waals surface area contributed by atoms with Crippen molar-refractivity contribution in [3.63, 3.8) is 0 Å². The van der Waals surface area contributed by atoms with Crippen LogP contribution in [0.3, 0.4) is 0 Å². The average molecular weight is 254 g/mol. The van der Waals surface area contributed by atoms with Gasteiger partial charge in [0.15, 0.2) is 0 Å². The molecule has 18 heavy (non-hydrogen) atoms. The highest BCUT2D eigenvalue weighted by Gasteiger charge is 2.30. The van der Waals surface area contributed by atoms with Gasteiger partial charge in [-0.05, 0) is 51.0 Å². The summed E-state index contributed by atoms with van der Waals surface area (Å²) in [4.78, 5) is 2.66. The molecular weight excluding hydrogens is 220 g/mol. The minimum absolute atomic E-state index is 0.458. The number of piperidine rings is 1. The normalized spacial score (nSPS) is 26.8. The van der Waals surface area contributed by atoms with Crippen molar-refractivity contribution in [3.05, 3.63) is 0 Å². The monoisotopic (exact) mass is 254 g/mol. The second-order valence-electron chi connectivity index (χ2n) is 7.57. The topological polar surface area (TPSA) is 15.3 Å². The predicted octanol–water partition coefficient (Wildman–Crippen LogP) is 3.52. The van der Waals surface area contributed by atoms with Crippen LogP contribution in [0.25, 0.3) is 0 Å². The van der Waals surface area contributed by atoms with Crippen LogP contribution in [-0.4, -0.2) is 36.6 Å². The molecule has 0 aliphatic carbocycles. The number of hydrogen-bond acceptors (Lipinski definition) is 2. The number of nitrogens with zero attached hydrogens (tertiary/aromatic N) is 1. The number of rotatable bonds is 5. The molecule has 0 saturated carbocycles. The predicted molar refractivity (Wildman–Crippen MR) is 81.0 cm³/mol. The van der Waals surface area contributed by atoms with Gasteiger partial charge in [-0.1, -0.05) is 27.7 Å². The molecule has 1 rings (SSSR count). The van der Waals surface area contributed by atoms with Gasteiger partial charge >= 0.3 is 0 Å². The van der Waals surface area contributed by atoms with Gasteiger partial charge in [-0.25, -0.2) is 0 Å². The van der Waals surface area contributed by atoms with E-state index in [-0.39, 0.29) is 0 Å². The third-order valence-corrected chi connectivity index (χ3v) is 3.88. The van der Waals surface area contributed by atoms with Crippen LogP contribution in [0.15, 0.2) is 0 Å². The molecule has 2 atom stereocenters. The molecule has 0 aromatic carbocycles. The maximum Gasteiger partial charge on any atom is 0.0198 e. The smallest absolute Gasteiger partial charge is 0.0198 e. The Kier molecular flexibility index (Phi) is 6.13. The maximum absolute atomic E-state index is 3.73. The molecule has 0 radical (unpaired) electrons. The molecule has 1 N–H and O–H groups in total. The lowest BCUT2D eigenvalue weighted by molar-refractivity contribution is 0.0902. The molecule has 1 aliphatic rings. The van der Waals surface area contributed by atoms with Crippen LogP contribution in [0.5, 0.6) is 0 Å². The first-order valence-electron chi connectivity index (χ1n) is 7.79. The van der Waals surface area contributed by atoms with Gasteiger partial charge in [0.1, 0.15) is 0 Å². The number of hydrogen-bond donors (Lipinski definition) is 1. The fourth-order valence-electron chi connectivity index (χ4n) is 3.17. The SMILES string of the molecule is CCCNC1CC(CC(C)(C)C)CN(C(C)C)C1. The number of likely N-dealkylation sites (tertiary alicyclic amines) is 1. The fourth-order valence-corrected chi connectivity index (χ4v) is 3.17. The van der Waals surface area contributed by atoms with E-state index >= 15 is 0 Å². The first kappa shape index (κ1) is 16.0. The lowest BCUT2D eigenvalue weighted by Gasteiger charge is -2.42. The van der Waals surface area contributed by atoms with E-state index in [1.54, 1.807) is 0 Å². The molecule has 0 spiro atoms. The van der Waals surface area contributed by atoms with Crippen molar-refractivity contribution in [3.8, 4) is 0 Å². The zero-order chi connectivity index (χ0) is 13.8. The van der Waals surface area contributed by atoms with Gasteiger partial charge in [-0.3, -0.25) is 4.90 Å². The minimum atomic E-state index is 0.458. The van der Waals surface area contributed by atoms with Gasteiger partial charge in [0, 0.05) is 25.2 Å². The van der Waals surface area contributed by atoms with Crippen molar-refractivity contribution in [2.45, 2.75) is 72.9 Å². The summed E-state index contributed by atoms with van der Waals surface area (Å²) in [5.74, 6) is 0.857. The Balaban J connectivity index is 2.56. The maximum atomic E-state index is 3.73. The molecule has 1 fully saturated rings. The first-order chi connectivity index (χ1) is 8.31. The summed E-state index contributed by atoms with van der Waals surface area (Å²) in [5, 5.41) is 3.73. The molecule has 1 heterocycles. The summed E-state index contributed by atoms with van der Waals surface area (Å²) in [7, 11) is 0. The van der Waals surface area contributed by atoms with E-state index < -0.39 is 0 Å². The Bertz CT molecular complexity index is 230. The van der Waals surface area contributed by atoms with Crippen molar-refractivity contribution in [2.24, 2.45) is 11.3 Å². The number of nitrogens with one attached hydrogen (secondary N) is 1. The van der Waals surface area contributed by atoms with Gasteiger partial charge in [0.25, 0.3) is 0 Å². The van der Waals surface area contributed by atoms with Crippen molar-refractivity contribution in [1.29, 1.82) is 0 Å². The minimum Gasteiger partial charge on any atom is -0.313 e. The van der Waals surface area contributed by atoms with Gasteiger partial charge < -0.3 is 5.32 Å². The molecule has 0 bridgehead atoms. The van der Waals surface area contributed by atoms with Gasteiger partial charge in [0.2, 0.25) is 0 Å². The quantitative estimate of drug-likeness (QED) is 0.807. The highest BCUT2D eigenvalue weighted by Crippen LogP contribution is 2.30. The second-order valence-corrected chi connectivity index (χ2v) is 7.57. The third kappa shape index (κ3) is 5.71. The van der Waals surface area contributed by atoms with E-state index in [0.29, 0.717) is 17.5 Å². The van der Waals surface area contributed by atoms with E-state index in [1.807, 2.05) is 0 Å². The molecule has 0 aromatic rings. The fraction of sp³-hybridized carbons (Fsp3) is 1.00. The molecule has 2 nitrogen and oxygen atoms in total. The lowest BCUT2D eigenvalue weighted by atomic mass is 9.79. The highest BCUT2D eigenvalue weighted by atomic mass is 15.2. The Hall–Kier alpha value is -0.0800. The summed E-state index contributed by atoms with van der Waals surface area (Å²) in [6.45, 7) is 17.7.